The normalized spacial score (nSPS) is 24.3. The highest BCUT2D eigenvalue weighted by Crippen LogP contribution is 2.42. The molecule has 0 saturated carbocycles. The van der Waals surface area contributed by atoms with Crippen molar-refractivity contribution >= 4 is 5.78 Å². The van der Waals surface area contributed by atoms with Crippen LogP contribution in [0.4, 0.5) is 0 Å². The zero-order valence-electron chi connectivity index (χ0n) is 9.66. The Hall–Kier alpha value is -1.11. The molecule has 0 radical (unpaired) electrons. The minimum atomic E-state index is 0.147. The number of carbonyl (C=O) groups excluding carboxylic acids is 1. The van der Waals surface area contributed by atoms with Crippen molar-refractivity contribution in [1.29, 1.82) is 0 Å². The number of ketones is 1. The summed E-state index contributed by atoms with van der Waals surface area (Å²) in [5.74, 6) is 1.23. The first-order valence-corrected chi connectivity index (χ1v) is 5.73. The van der Waals surface area contributed by atoms with Crippen molar-refractivity contribution in [2.24, 2.45) is 5.92 Å². The number of rotatable bonds is 2. The third-order valence-corrected chi connectivity index (χ3v) is 3.40. The lowest BCUT2D eigenvalue weighted by Crippen LogP contribution is -2.15. The molecule has 80 valence electrons. The second-order valence-electron chi connectivity index (χ2n) is 4.88. The van der Waals surface area contributed by atoms with Crippen LogP contribution in [0.15, 0.2) is 24.3 Å². The predicted octanol–water partition coefficient (Wildman–Crippen LogP) is 3.50. The van der Waals surface area contributed by atoms with E-state index in [2.05, 4.69) is 25.1 Å². The molecule has 0 unspecified atom stereocenters. The van der Waals surface area contributed by atoms with E-state index in [9.17, 15) is 4.79 Å². The third-order valence-electron chi connectivity index (χ3n) is 3.40. The van der Waals surface area contributed by atoms with Crippen LogP contribution in [0.25, 0.3) is 0 Å². The fourth-order valence-corrected chi connectivity index (χ4v) is 2.56. The molecule has 0 aromatic heterocycles. The molecule has 0 N–H and O–H groups in total. The Balaban J connectivity index is 2.36. The van der Waals surface area contributed by atoms with Crippen molar-refractivity contribution in [3.05, 3.63) is 35.4 Å². The summed E-state index contributed by atoms with van der Waals surface area (Å²) >= 11 is 0. The number of fused-ring (bicyclic) bond motifs is 1. The van der Waals surface area contributed by atoms with Gasteiger partial charge in [-0.05, 0) is 23.5 Å². The molecule has 1 aliphatic carbocycles. The van der Waals surface area contributed by atoms with Crippen molar-refractivity contribution in [3.63, 3.8) is 0 Å². The lowest BCUT2D eigenvalue weighted by Gasteiger charge is -2.12. The van der Waals surface area contributed by atoms with Crippen LogP contribution in [0.5, 0.6) is 0 Å². The molecule has 15 heavy (non-hydrogen) atoms. The Kier molecular flexibility index (Phi) is 2.64. The maximum Gasteiger partial charge on any atom is 0.142 e. The van der Waals surface area contributed by atoms with Crippen LogP contribution in [0.3, 0.4) is 0 Å². The summed E-state index contributed by atoms with van der Waals surface area (Å²) in [6.45, 7) is 6.20. The number of Topliss-reactive ketones (excluding diaryl/α,β-unsaturated/α-hetero) is 1. The molecular formula is C14H18O. The van der Waals surface area contributed by atoms with Gasteiger partial charge in [0.1, 0.15) is 5.78 Å². The fourth-order valence-electron chi connectivity index (χ4n) is 2.56. The van der Waals surface area contributed by atoms with Gasteiger partial charge >= 0.3 is 0 Å². The first-order chi connectivity index (χ1) is 7.11. The number of carbonyl (C=O) groups is 1. The van der Waals surface area contributed by atoms with E-state index in [1.165, 1.54) is 11.1 Å². The fraction of sp³-hybridized carbons (Fsp3) is 0.500. The van der Waals surface area contributed by atoms with Crippen LogP contribution in [0.1, 0.15) is 50.2 Å². The largest absolute Gasteiger partial charge is 0.299 e. The molecule has 0 amide bonds. The van der Waals surface area contributed by atoms with Crippen LogP contribution < -0.4 is 0 Å². The van der Waals surface area contributed by atoms with Gasteiger partial charge < -0.3 is 0 Å². The Morgan fingerprint density at radius 2 is 1.87 bits per heavy atom. The van der Waals surface area contributed by atoms with Gasteiger partial charge in [0.05, 0.1) is 0 Å². The van der Waals surface area contributed by atoms with Crippen molar-refractivity contribution in [3.8, 4) is 0 Å². The van der Waals surface area contributed by atoms with E-state index >= 15 is 0 Å². The van der Waals surface area contributed by atoms with Gasteiger partial charge in [-0.25, -0.2) is 0 Å². The molecular weight excluding hydrogens is 184 g/mol. The van der Waals surface area contributed by atoms with E-state index in [4.69, 9.17) is 0 Å². The molecule has 1 nitrogen and oxygen atoms in total. The van der Waals surface area contributed by atoms with Crippen LogP contribution in [-0.4, -0.2) is 5.78 Å². The standard InChI is InChI=1S/C14H18O/c1-9(2)14(15)13-8-10(3)11-6-4-5-7-12(11)13/h4-7,9-10,13H,8H2,1-3H3/t10-,13-/m0/s1. The highest BCUT2D eigenvalue weighted by atomic mass is 16.1. The van der Waals surface area contributed by atoms with E-state index < -0.39 is 0 Å². The Bertz CT molecular complexity index is 379. The molecule has 1 heteroatoms. The van der Waals surface area contributed by atoms with Crippen LogP contribution >= 0.6 is 0 Å². The number of hydrogen-bond acceptors (Lipinski definition) is 1. The lowest BCUT2D eigenvalue weighted by atomic mass is 9.90. The SMILES string of the molecule is CC(C)C(=O)[C@H]1C[C@H](C)c2ccccc21. The van der Waals surface area contributed by atoms with Gasteiger partial charge in [0.15, 0.2) is 0 Å². The summed E-state index contributed by atoms with van der Waals surface area (Å²) in [6, 6.07) is 8.38. The maximum atomic E-state index is 12.1. The second kappa shape index (κ2) is 3.80. The van der Waals surface area contributed by atoms with Crippen molar-refractivity contribution in [2.75, 3.05) is 0 Å². The third kappa shape index (κ3) is 1.71. The minimum absolute atomic E-state index is 0.147. The number of benzene rings is 1. The molecule has 1 aromatic carbocycles. The highest BCUT2D eigenvalue weighted by molar-refractivity contribution is 5.88. The highest BCUT2D eigenvalue weighted by Gasteiger charge is 2.33. The molecule has 0 aliphatic heterocycles. The first-order valence-electron chi connectivity index (χ1n) is 5.73. The summed E-state index contributed by atoms with van der Waals surface area (Å²) in [7, 11) is 0. The van der Waals surface area contributed by atoms with E-state index in [-0.39, 0.29) is 11.8 Å². The zero-order valence-corrected chi connectivity index (χ0v) is 9.66. The summed E-state index contributed by atoms with van der Waals surface area (Å²) in [5.41, 5.74) is 2.64. The van der Waals surface area contributed by atoms with Crippen molar-refractivity contribution in [1.82, 2.24) is 0 Å². The summed E-state index contributed by atoms with van der Waals surface area (Å²) in [6.07, 6.45) is 0.996. The van der Waals surface area contributed by atoms with Gasteiger partial charge in [0.25, 0.3) is 0 Å². The number of hydrogen-bond donors (Lipinski definition) is 0. The molecule has 0 saturated heterocycles. The summed E-state index contributed by atoms with van der Waals surface area (Å²) in [5, 5.41) is 0. The monoisotopic (exact) mass is 202 g/mol. The molecule has 1 aliphatic rings. The predicted molar refractivity (Wildman–Crippen MR) is 62.1 cm³/mol. The van der Waals surface area contributed by atoms with Gasteiger partial charge in [-0.3, -0.25) is 4.79 Å². The van der Waals surface area contributed by atoms with Crippen molar-refractivity contribution < 1.29 is 4.79 Å². The molecule has 0 spiro atoms. The molecule has 0 heterocycles. The quantitative estimate of drug-likeness (QED) is 0.717. The Labute approximate surface area is 91.5 Å². The van der Waals surface area contributed by atoms with Gasteiger partial charge in [0, 0.05) is 11.8 Å². The molecule has 1 aromatic rings. The Morgan fingerprint density at radius 1 is 1.27 bits per heavy atom. The van der Waals surface area contributed by atoms with E-state index in [0.717, 1.165) is 6.42 Å². The summed E-state index contributed by atoms with van der Waals surface area (Å²) < 4.78 is 0. The first kappa shape index (κ1) is 10.4. The maximum absolute atomic E-state index is 12.1. The van der Waals surface area contributed by atoms with Crippen LogP contribution in [0.2, 0.25) is 0 Å². The average Bonchev–Trinajstić information content (AvgIpc) is 2.56. The van der Waals surface area contributed by atoms with Gasteiger partial charge in [0.2, 0.25) is 0 Å². The van der Waals surface area contributed by atoms with Crippen LogP contribution in [0, 0.1) is 5.92 Å². The second-order valence-corrected chi connectivity index (χ2v) is 4.88. The lowest BCUT2D eigenvalue weighted by molar-refractivity contribution is -0.123. The smallest absolute Gasteiger partial charge is 0.142 e. The van der Waals surface area contributed by atoms with Crippen LogP contribution in [-0.2, 0) is 4.79 Å². The van der Waals surface area contributed by atoms with E-state index in [0.29, 0.717) is 11.7 Å². The van der Waals surface area contributed by atoms with Gasteiger partial charge in [-0.1, -0.05) is 45.0 Å². The van der Waals surface area contributed by atoms with Gasteiger partial charge in [-0.15, -0.1) is 0 Å². The average molecular weight is 202 g/mol. The summed E-state index contributed by atoms with van der Waals surface area (Å²) in [4.78, 5) is 12.1. The zero-order chi connectivity index (χ0) is 11.0. The molecule has 2 rings (SSSR count). The minimum Gasteiger partial charge on any atom is -0.299 e. The molecule has 0 bridgehead atoms. The van der Waals surface area contributed by atoms with E-state index in [1.807, 2.05) is 19.9 Å². The molecule has 0 fully saturated rings. The van der Waals surface area contributed by atoms with Gasteiger partial charge in [-0.2, -0.15) is 0 Å². The van der Waals surface area contributed by atoms with E-state index in [1.54, 1.807) is 0 Å². The molecule has 2 atom stereocenters. The van der Waals surface area contributed by atoms with Crippen molar-refractivity contribution in [2.45, 2.75) is 39.0 Å². The topological polar surface area (TPSA) is 17.1 Å². The Morgan fingerprint density at radius 3 is 2.47 bits per heavy atom.